The molecule has 0 aliphatic carbocycles. The van der Waals surface area contributed by atoms with Crippen molar-refractivity contribution in [1.82, 2.24) is 15.0 Å². The smallest absolute Gasteiger partial charge is 0.264 e. The molecule has 1 saturated heterocycles. The first-order valence-electron chi connectivity index (χ1n) is 12.5. The molecule has 2 aliphatic heterocycles. The van der Waals surface area contributed by atoms with E-state index in [-0.39, 0.29) is 22.8 Å². The van der Waals surface area contributed by atoms with Gasteiger partial charge in [-0.3, -0.25) is 0 Å². The highest BCUT2D eigenvalue weighted by Crippen LogP contribution is 2.30. The summed E-state index contributed by atoms with van der Waals surface area (Å²) in [5.41, 5.74) is 2.82. The molecule has 0 radical (unpaired) electrons. The number of rotatable bonds is 6. The van der Waals surface area contributed by atoms with Crippen LogP contribution < -0.4 is 10.0 Å². The third-order valence-corrected chi connectivity index (χ3v) is 8.80. The van der Waals surface area contributed by atoms with Crippen LogP contribution in [-0.4, -0.2) is 50.8 Å². The van der Waals surface area contributed by atoms with Crippen LogP contribution in [-0.2, 0) is 10.0 Å². The lowest BCUT2D eigenvalue weighted by Gasteiger charge is -2.23. The third kappa shape index (κ3) is 6.04. The number of benzene rings is 3. The van der Waals surface area contributed by atoms with Gasteiger partial charge in [0.25, 0.3) is 10.0 Å². The van der Waals surface area contributed by atoms with Crippen LogP contribution >= 0.6 is 23.2 Å². The van der Waals surface area contributed by atoms with Crippen LogP contribution in [0.25, 0.3) is 0 Å². The van der Waals surface area contributed by atoms with E-state index in [9.17, 15) is 8.42 Å². The average Bonchev–Trinajstić information content (AvgIpc) is 3.61. The van der Waals surface area contributed by atoms with Crippen molar-refractivity contribution in [2.24, 2.45) is 16.0 Å². The van der Waals surface area contributed by atoms with Gasteiger partial charge in [0.2, 0.25) is 5.96 Å². The van der Waals surface area contributed by atoms with E-state index >= 15 is 0 Å². The molecular weight excluding hydrogens is 541 g/mol. The maximum absolute atomic E-state index is 13.4. The van der Waals surface area contributed by atoms with Gasteiger partial charge in [0, 0.05) is 22.5 Å². The van der Waals surface area contributed by atoms with Crippen molar-refractivity contribution in [3.05, 3.63) is 100 Å². The Balaban J connectivity index is 1.54. The Morgan fingerprint density at radius 3 is 2.32 bits per heavy atom. The average molecular weight is 571 g/mol. The Kier molecular flexibility index (Phi) is 8.04. The number of hydrazone groups is 1. The van der Waals surface area contributed by atoms with Gasteiger partial charge in [0.15, 0.2) is 0 Å². The molecule has 0 aromatic heterocycles. The number of guanidine groups is 1. The predicted molar refractivity (Wildman–Crippen MR) is 154 cm³/mol. The minimum Gasteiger partial charge on any atom is -0.316 e. The number of aliphatic imine (C=N–C) groups is 1. The van der Waals surface area contributed by atoms with Crippen LogP contribution in [0, 0.1) is 5.92 Å². The van der Waals surface area contributed by atoms with Crippen molar-refractivity contribution in [3.63, 3.8) is 0 Å². The zero-order valence-electron chi connectivity index (χ0n) is 20.9. The molecule has 38 heavy (non-hydrogen) atoms. The zero-order chi connectivity index (χ0) is 26.7. The van der Waals surface area contributed by atoms with Crippen molar-refractivity contribution < 1.29 is 8.42 Å². The highest BCUT2D eigenvalue weighted by atomic mass is 35.5. The Morgan fingerprint density at radius 2 is 1.68 bits per heavy atom. The first-order chi connectivity index (χ1) is 18.3. The molecule has 3 atom stereocenters. The summed E-state index contributed by atoms with van der Waals surface area (Å²) in [6.45, 7) is 4.21. The number of hydrogen-bond donors (Lipinski definition) is 2. The largest absolute Gasteiger partial charge is 0.316 e. The normalized spacial score (nSPS) is 20.9. The van der Waals surface area contributed by atoms with Crippen LogP contribution in [0.2, 0.25) is 10.0 Å². The fraction of sp³-hybridized carbons (Fsp3) is 0.286. The molecule has 0 bridgehead atoms. The summed E-state index contributed by atoms with van der Waals surface area (Å²) in [7, 11) is -3.94. The Hall–Kier alpha value is -2.91. The SMILES string of the molecule is CC(N=C(NS(=O)(=O)c1ccc(Cl)cc1)N1CC(c2ccccc2)C(c2ccc(Cl)cc2)=N1)C1CCNC1. The zero-order valence-corrected chi connectivity index (χ0v) is 23.2. The second-order valence-corrected chi connectivity index (χ2v) is 12.1. The van der Waals surface area contributed by atoms with E-state index in [0.29, 0.717) is 22.5 Å². The lowest BCUT2D eigenvalue weighted by atomic mass is 9.91. The molecule has 7 nitrogen and oxygen atoms in total. The van der Waals surface area contributed by atoms with Gasteiger partial charge in [-0.05, 0) is 73.3 Å². The Morgan fingerprint density at radius 1 is 1.03 bits per heavy atom. The summed E-state index contributed by atoms with van der Waals surface area (Å²) in [6, 6.07) is 23.5. The first-order valence-corrected chi connectivity index (χ1v) is 14.8. The van der Waals surface area contributed by atoms with E-state index in [4.69, 9.17) is 33.3 Å². The maximum atomic E-state index is 13.4. The fourth-order valence-corrected chi connectivity index (χ4v) is 6.05. The summed E-state index contributed by atoms with van der Waals surface area (Å²) >= 11 is 12.1. The van der Waals surface area contributed by atoms with Gasteiger partial charge in [-0.15, -0.1) is 0 Å². The van der Waals surface area contributed by atoms with Crippen molar-refractivity contribution in [3.8, 4) is 0 Å². The quantitative estimate of drug-likeness (QED) is 0.318. The van der Waals surface area contributed by atoms with E-state index in [1.54, 1.807) is 17.1 Å². The predicted octanol–water partition coefficient (Wildman–Crippen LogP) is 5.13. The summed E-state index contributed by atoms with van der Waals surface area (Å²) in [5, 5.41) is 11.1. The second kappa shape index (κ2) is 11.5. The minimum atomic E-state index is -3.94. The molecule has 3 aromatic carbocycles. The summed E-state index contributed by atoms with van der Waals surface area (Å²) in [4.78, 5) is 5.00. The number of nitrogens with zero attached hydrogens (tertiary/aromatic N) is 3. The van der Waals surface area contributed by atoms with Crippen molar-refractivity contribution in [2.45, 2.75) is 30.2 Å². The van der Waals surface area contributed by atoms with Gasteiger partial charge in [-0.2, -0.15) is 5.10 Å². The van der Waals surface area contributed by atoms with Crippen LogP contribution in [0.3, 0.4) is 0 Å². The van der Waals surface area contributed by atoms with Gasteiger partial charge < -0.3 is 5.32 Å². The molecule has 2 N–H and O–H groups in total. The maximum Gasteiger partial charge on any atom is 0.264 e. The molecule has 1 fully saturated rings. The number of halogens is 2. The molecule has 0 amide bonds. The van der Waals surface area contributed by atoms with E-state index in [1.165, 1.54) is 12.1 Å². The molecule has 2 heterocycles. The second-order valence-electron chi connectivity index (χ2n) is 9.54. The highest BCUT2D eigenvalue weighted by Gasteiger charge is 2.34. The molecule has 0 saturated carbocycles. The van der Waals surface area contributed by atoms with E-state index < -0.39 is 10.0 Å². The first kappa shape index (κ1) is 26.7. The lowest BCUT2D eigenvalue weighted by molar-refractivity contribution is 0.437. The fourth-order valence-electron chi connectivity index (χ4n) is 4.79. The van der Waals surface area contributed by atoms with Crippen LogP contribution in [0.5, 0.6) is 0 Å². The summed E-state index contributed by atoms with van der Waals surface area (Å²) in [6.07, 6.45) is 0.980. The van der Waals surface area contributed by atoms with Crippen LogP contribution in [0.15, 0.2) is 93.9 Å². The Bertz CT molecular complexity index is 1420. The molecule has 5 rings (SSSR count). The van der Waals surface area contributed by atoms with Crippen molar-refractivity contribution in [1.29, 1.82) is 0 Å². The van der Waals surface area contributed by atoms with Crippen molar-refractivity contribution >= 4 is 44.9 Å². The van der Waals surface area contributed by atoms with E-state index in [1.807, 2.05) is 49.4 Å². The summed E-state index contributed by atoms with van der Waals surface area (Å²) in [5.74, 6) is 0.410. The van der Waals surface area contributed by atoms with Crippen LogP contribution in [0.1, 0.15) is 30.4 Å². The Labute approximate surface area is 233 Å². The number of nitrogens with one attached hydrogen (secondary N) is 2. The van der Waals surface area contributed by atoms with E-state index in [2.05, 4.69) is 22.2 Å². The molecule has 0 spiro atoms. The number of hydrogen-bond acceptors (Lipinski definition) is 5. The molecule has 3 unspecified atom stereocenters. The molecule has 198 valence electrons. The molecule has 10 heteroatoms. The summed E-state index contributed by atoms with van der Waals surface area (Å²) < 4.78 is 29.6. The van der Waals surface area contributed by atoms with Gasteiger partial charge in [0.1, 0.15) is 0 Å². The lowest BCUT2D eigenvalue weighted by Crippen LogP contribution is -2.42. The third-order valence-electron chi connectivity index (χ3n) is 6.96. The van der Waals surface area contributed by atoms with Gasteiger partial charge in [-0.1, -0.05) is 65.7 Å². The van der Waals surface area contributed by atoms with Gasteiger partial charge in [0.05, 0.1) is 23.2 Å². The molecule has 3 aromatic rings. The van der Waals surface area contributed by atoms with Crippen LogP contribution in [0.4, 0.5) is 0 Å². The topological polar surface area (TPSA) is 86.2 Å². The van der Waals surface area contributed by atoms with Gasteiger partial charge in [-0.25, -0.2) is 23.1 Å². The molecular formula is C28H29Cl2N5O2S. The number of sulfonamides is 1. The van der Waals surface area contributed by atoms with Gasteiger partial charge >= 0.3 is 0 Å². The van der Waals surface area contributed by atoms with Crippen molar-refractivity contribution in [2.75, 3.05) is 19.6 Å². The standard InChI is InChI=1S/C28H29Cl2N5O2S/c1-19(22-15-16-31-17-22)32-28(34-38(36,37)25-13-11-24(30)12-14-25)35-18-26(20-5-3-2-4-6-20)27(33-35)21-7-9-23(29)10-8-21/h2-14,19,22,26,31H,15-18H2,1H3,(H,32,34). The highest BCUT2D eigenvalue weighted by molar-refractivity contribution is 7.90. The minimum absolute atomic E-state index is 0.0916. The van der Waals surface area contributed by atoms with E-state index in [0.717, 1.165) is 36.3 Å². The molecule has 2 aliphatic rings. The monoisotopic (exact) mass is 569 g/mol.